The average molecular weight is 289 g/mol. The van der Waals surface area contributed by atoms with E-state index < -0.39 is 24.0 Å². The van der Waals surface area contributed by atoms with E-state index >= 15 is 0 Å². The summed E-state index contributed by atoms with van der Waals surface area (Å²) in [7, 11) is -1.01. The second-order valence-electron chi connectivity index (χ2n) is 5.90. The molecule has 0 unspecified atom stereocenters. The Balaban J connectivity index is 2.17. The molecule has 1 aromatic rings. The predicted molar refractivity (Wildman–Crippen MR) is 80.4 cm³/mol. The zero-order chi connectivity index (χ0) is 15.7. The van der Waals surface area contributed by atoms with Crippen molar-refractivity contribution in [2.45, 2.75) is 38.9 Å². The zero-order valence-corrected chi connectivity index (χ0v) is 12.5. The van der Waals surface area contributed by atoms with E-state index in [1.807, 2.05) is 27.7 Å². The van der Waals surface area contributed by atoms with Crippen LogP contribution >= 0.6 is 0 Å². The molecule has 0 saturated carbocycles. The number of hydrogen-bond acceptors (Lipinski definition) is 3. The van der Waals surface area contributed by atoms with E-state index in [1.165, 1.54) is 6.08 Å². The van der Waals surface area contributed by atoms with Crippen molar-refractivity contribution in [3.8, 4) is 0 Å². The van der Waals surface area contributed by atoms with Gasteiger partial charge in [0.15, 0.2) is 0 Å². The molecule has 5 nitrogen and oxygen atoms in total. The first-order valence-corrected chi connectivity index (χ1v) is 6.63. The molecule has 0 aromatic heterocycles. The lowest BCUT2D eigenvalue weighted by molar-refractivity contribution is 0.00578. The summed E-state index contributed by atoms with van der Waals surface area (Å²) in [5, 5.41) is 3.46. The number of benzene rings is 1. The van der Waals surface area contributed by atoms with Crippen molar-refractivity contribution in [1.82, 2.24) is 0 Å². The Bertz CT molecular complexity index is 591. The van der Waals surface area contributed by atoms with Gasteiger partial charge in [-0.2, -0.15) is 0 Å². The summed E-state index contributed by atoms with van der Waals surface area (Å²) in [6, 6.07) is 6.55. The lowest BCUT2D eigenvalue weighted by Crippen LogP contribution is -2.41. The third-order valence-electron chi connectivity index (χ3n) is 3.84. The predicted octanol–water partition coefficient (Wildman–Crippen LogP) is 4.57. The summed E-state index contributed by atoms with van der Waals surface area (Å²) in [4.78, 5) is 2.69. The van der Waals surface area contributed by atoms with Crippen molar-refractivity contribution in [3.05, 3.63) is 46.0 Å². The molecular formula is C14H17BFN3O2. The first-order valence-electron chi connectivity index (χ1n) is 6.63. The fourth-order valence-electron chi connectivity index (χ4n) is 1.87. The number of hydrogen-bond donors (Lipinski definition) is 0. The van der Waals surface area contributed by atoms with Crippen LogP contribution in [-0.4, -0.2) is 18.3 Å². The Labute approximate surface area is 123 Å². The van der Waals surface area contributed by atoms with Gasteiger partial charge >= 0.3 is 7.12 Å². The van der Waals surface area contributed by atoms with Crippen LogP contribution in [0.4, 0.5) is 10.1 Å². The maximum atomic E-state index is 14.3. The highest BCUT2D eigenvalue weighted by Crippen LogP contribution is 2.39. The van der Waals surface area contributed by atoms with Gasteiger partial charge in [0.1, 0.15) is 5.73 Å². The second kappa shape index (κ2) is 5.52. The highest BCUT2D eigenvalue weighted by atomic mass is 19.1. The van der Waals surface area contributed by atoms with Crippen LogP contribution in [0.5, 0.6) is 0 Å². The van der Waals surface area contributed by atoms with E-state index in [9.17, 15) is 4.39 Å². The third kappa shape index (κ3) is 3.27. The molecule has 1 fully saturated rings. The minimum Gasteiger partial charge on any atom is -0.398 e. The Morgan fingerprint density at radius 1 is 1.19 bits per heavy atom. The summed E-state index contributed by atoms with van der Waals surface area (Å²) >= 11 is 0. The molecule has 1 aliphatic heterocycles. The summed E-state index contributed by atoms with van der Waals surface area (Å²) in [6.45, 7) is 7.48. The number of azide groups is 1. The van der Waals surface area contributed by atoms with E-state index in [2.05, 4.69) is 10.0 Å². The van der Waals surface area contributed by atoms with Crippen molar-refractivity contribution in [2.75, 3.05) is 0 Å². The molecule has 1 aliphatic rings. The first-order chi connectivity index (χ1) is 9.75. The summed E-state index contributed by atoms with van der Waals surface area (Å²) in [6.07, 6.45) is 1.35. The second-order valence-corrected chi connectivity index (χ2v) is 5.90. The Kier molecular flexibility index (Phi) is 4.09. The van der Waals surface area contributed by atoms with Gasteiger partial charge in [0.05, 0.1) is 11.2 Å². The maximum Gasteiger partial charge on any atom is 0.525 e. The van der Waals surface area contributed by atoms with Crippen molar-refractivity contribution in [2.24, 2.45) is 5.11 Å². The van der Waals surface area contributed by atoms with Crippen LogP contribution in [0.2, 0.25) is 0 Å². The van der Waals surface area contributed by atoms with Gasteiger partial charge in [-0.1, -0.05) is 29.4 Å². The standard InChI is InChI=1S/C14H17BFN3O2/c1-13(2)14(3,4)21-15(20-13)12(16)9-10-5-7-11(8-6-10)18-19-17/h5-9H,1-4H3. The van der Waals surface area contributed by atoms with Gasteiger partial charge in [-0.25, -0.2) is 4.39 Å². The van der Waals surface area contributed by atoms with Gasteiger partial charge in [0, 0.05) is 10.6 Å². The number of halogens is 1. The fourth-order valence-corrected chi connectivity index (χ4v) is 1.87. The number of nitrogens with zero attached hydrogens (tertiary/aromatic N) is 3. The van der Waals surface area contributed by atoms with Crippen molar-refractivity contribution in [1.29, 1.82) is 0 Å². The molecule has 2 rings (SSSR count). The monoisotopic (exact) mass is 289 g/mol. The average Bonchev–Trinajstić information content (AvgIpc) is 2.61. The Hall–Kier alpha value is -1.82. The summed E-state index contributed by atoms with van der Waals surface area (Å²) < 4.78 is 25.5. The van der Waals surface area contributed by atoms with Crippen LogP contribution in [0.1, 0.15) is 33.3 Å². The van der Waals surface area contributed by atoms with Gasteiger partial charge in [-0.15, -0.1) is 0 Å². The topological polar surface area (TPSA) is 67.2 Å². The van der Waals surface area contributed by atoms with Gasteiger partial charge in [0.2, 0.25) is 0 Å². The van der Waals surface area contributed by atoms with Crippen LogP contribution in [0.15, 0.2) is 35.1 Å². The Morgan fingerprint density at radius 2 is 1.71 bits per heavy atom. The molecule has 1 aromatic carbocycles. The molecule has 110 valence electrons. The largest absolute Gasteiger partial charge is 0.525 e. The molecular weight excluding hydrogens is 272 g/mol. The highest BCUT2D eigenvalue weighted by molar-refractivity contribution is 6.54. The van der Waals surface area contributed by atoms with Crippen molar-refractivity contribution in [3.63, 3.8) is 0 Å². The zero-order valence-electron chi connectivity index (χ0n) is 12.5. The minimum atomic E-state index is -1.01. The molecule has 7 heteroatoms. The van der Waals surface area contributed by atoms with E-state index in [0.29, 0.717) is 11.3 Å². The Morgan fingerprint density at radius 3 is 2.19 bits per heavy atom. The summed E-state index contributed by atoms with van der Waals surface area (Å²) in [5.74, 6) is 0. The molecule has 0 bridgehead atoms. The van der Waals surface area contributed by atoms with E-state index in [-0.39, 0.29) is 0 Å². The molecule has 1 saturated heterocycles. The molecule has 0 N–H and O–H groups in total. The lowest BCUT2D eigenvalue weighted by atomic mass is 9.87. The van der Waals surface area contributed by atoms with Crippen LogP contribution in [-0.2, 0) is 9.31 Å². The van der Waals surface area contributed by atoms with Gasteiger partial charge in [0.25, 0.3) is 0 Å². The number of rotatable bonds is 3. The van der Waals surface area contributed by atoms with E-state index in [4.69, 9.17) is 14.8 Å². The van der Waals surface area contributed by atoms with Crippen LogP contribution in [0.3, 0.4) is 0 Å². The smallest absolute Gasteiger partial charge is 0.398 e. The van der Waals surface area contributed by atoms with Gasteiger partial charge in [-0.05, 0) is 44.9 Å². The first kappa shape index (κ1) is 15.6. The van der Waals surface area contributed by atoms with E-state index in [0.717, 1.165) is 0 Å². The third-order valence-corrected chi connectivity index (χ3v) is 3.84. The summed E-state index contributed by atoms with van der Waals surface area (Å²) in [5.41, 5.74) is 7.80. The van der Waals surface area contributed by atoms with Crippen LogP contribution in [0, 0.1) is 0 Å². The van der Waals surface area contributed by atoms with Crippen molar-refractivity contribution >= 4 is 18.9 Å². The molecule has 0 aliphatic carbocycles. The van der Waals surface area contributed by atoms with Gasteiger partial charge < -0.3 is 9.31 Å². The minimum absolute atomic E-state index is 0.477. The molecule has 21 heavy (non-hydrogen) atoms. The highest BCUT2D eigenvalue weighted by Gasteiger charge is 2.52. The van der Waals surface area contributed by atoms with Crippen LogP contribution < -0.4 is 0 Å². The SMILES string of the molecule is CC1(C)OB(C(F)=Cc2ccc(N=[N+]=[N-])cc2)OC1(C)C. The normalized spacial score (nSPS) is 20.2. The van der Waals surface area contributed by atoms with Gasteiger partial charge in [-0.3, -0.25) is 0 Å². The molecule has 0 amide bonds. The molecule has 0 spiro atoms. The lowest BCUT2D eigenvalue weighted by Gasteiger charge is -2.32. The van der Waals surface area contributed by atoms with Crippen LogP contribution in [0.25, 0.3) is 16.5 Å². The maximum absolute atomic E-state index is 14.3. The van der Waals surface area contributed by atoms with E-state index in [1.54, 1.807) is 24.3 Å². The fraction of sp³-hybridized carbons (Fsp3) is 0.429. The molecule has 1 heterocycles. The molecule has 0 radical (unpaired) electrons. The molecule has 0 atom stereocenters. The quantitative estimate of drug-likeness (QED) is 0.354. The van der Waals surface area contributed by atoms with Crippen molar-refractivity contribution < 1.29 is 13.7 Å².